The first-order valence-corrected chi connectivity index (χ1v) is 20.0. The monoisotopic (exact) mass is 761 g/mol. The molecule has 0 N–H and O–H groups in total. The number of hydrogen-bond donors (Lipinski definition) is 0. The zero-order chi connectivity index (χ0) is 43.4. The van der Waals surface area contributed by atoms with Crippen LogP contribution in [0.25, 0.3) is 114 Å². The van der Waals surface area contributed by atoms with Gasteiger partial charge in [0.05, 0.1) is 30.6 Å². The van der Waals surface area contributed by atoms with E-state index in [0.29, 0.717) is 37.7 Å². The third kappa shape index (κ3) is 5.42. The highest BCUT2D eigenvalue weighted by Crippen LogP contribution is 2.40. The number of thiophene rings is 1. The lowest BCUT2D eigenvalue weighted by atomic mass is 9.99. The van der Waals surface area contributed by atoms with Crippen molar-refractivity contribution >= 4 is 74.9 Å². The molecular weight excluding hydrogens is 723 g/mol. The Kier molecular flexibility index (Phi) is 6.15. The van der Waals surface area contributed by atoms with E-state index < -0.39 is 0 Å². The molecule has 3 nitrogen and oxygen atoms in total. The van der Waals surface area contributed by atoms with Crippen LogP contribution in [0.15, 0.2) is 200 Å². The second kappa shape index (κ2) is 13.1. The molecule has 0 bridgehead atoms. The largest absolute Gasteiger partial charge is 0.309 e. The van der Waals surface area contributed by atoms with Gasteiger partial charge in [0, 0.05) is 53.3 Å². The van der Waals surface area contributed by atoms with Crippen molar-refractivity contribution in [1.29, 1.82) is 0 Å². The maximum Gasteiger partial charge on any atom is 0.160 e. The van der Waals surface area contributed by atoms with Crippen molar-refractivity contribution in [2.24, 2.45) is 0 Å². The lowest BCUT2D eigenvalue weighted by Crippen LogP contribution is -1.95. The molecule has 0 aliphatic rings. The summed E-state index contributed by atoms with van der Waals surface area (Å²) in [5.41, 5.74) is 6.93. The van der Waals surface area contributed by atoms with E-state index in [-0.39, 0.29) is 52.6 Å². The lowest BCUT2D eigenvalue weighted by molar-refractivity contribution is 1.18. The number of fused-ring (bicyclic) bond motifs is 8. The quantitative estimate of drug-likeness (QED) is 0.175. The fourth-order valence-corrected chi connectivity index (χ4v) is 9.19. The summed E-state index contributed by atoms with van der Waals surface area (Å²) >= 11 is 1.16. The highest BCUT2D eigenvalue weighted by atomic mass is 32.1. The summed E-state index contributed by atoms with van der Waals surface area (Å²) in [5, 5.41) is 7.14. The van der Waals surface area contributed by atoms with Gasteiger partial charge >= 0.3 is 0 Å². The molecule has 12 rings (SSSR count). The summed E-state index contributed by atoms with van der Waals surface area (Å²) in [6.07, 6.45) is 0. The van der Waals surface area contributed by atoms with Crippen LogP contribution in [0.1, 0.15) is 8.22 Å². The van der Waals surface area contributed by atoms with Crippen LogP contribution < -0.4 is 0 Å². The molecule has 0 aliphatic heterocycles. The maximum absolute atomic E-state index is 9.57. The predicted molar refractivity (Wildman–Crippen MR) is 246 cm³/mol. The summed E-state index contributed by atoms with van der Waals surface area (Å²) in [7, 11) is 0. The van der Waals surface area contributed by atoms with Gasteiger partial charge in [0.15, 0.2) is 5.82 Å². The number of nitrogens with zero attached hydrogens (tertiary/aromatic N) is 3. The van der Waals surface area contributed by atoms with Crippen molar-refractivity contribution in [3.8, 4) is 50.7 Å². The molecule has 0 amide bonds. The summed E-state index contributed by atoms with van der Waals surface area (Å²) in [5.74, 6) is 0.427. The van der Waals surface area contributed by atoms with Gasteiger partial charge in [-0.05, 0) is 87.2 Å². The van der Waals surface area contributed by atoms with Crippen molar-refractivity contribution in [3.05, 3.63) is 200 Å². The van der Waals surface area contributed by atoms with Crippen LogP contribution in [0.4, 0.5) is 0 Å². The van der Waals surface area contributed by atoms with Crippen molar-refractivity contribution in [1.82, 2.24) is 14.5 Å². The summed E-state index contributed by atoms with van der Waals surface area (Å²) in [4.78, 5) is 9.74. The van der Waals surface area contributed by atoms with Crippen LogP contribution in [0, 0.1) is 0 Å². The van der Waals surface area contributed by atoms with Crippen molar-refractivity contribution < 1.29 is 8.22 Å². The van der Waals surface area contributed by atoms with Gasteiger partial charge in [0.25, 0.3) is 0 Å². The topological polar surface area (TPSA) is 30.7 Å². The molecule has 0 fully saturated rings. The van der Waals surface area contributed by atoms with Crippen LogP contribution in [0.3, 0.4) is 0 Å². The zero-order valence-electron chi connectivity index (χ0n) is 36.8. The van der Waals surface area contributed by atoms with Crippen molar-refractivity contribution in [3.63, 3.8) is 0 Å². The van der Waals surface area contributed by atoms with E-state index in [1.165, 1.54) is 21.5 Å². The fraction of sp³-hybridized carbons (Fsp3) is 0. The third-order valence-electron chi connectivity index (χ3n) is 11.0. The highest BCUT2D eigenvalue weighted by Gasteiger charge is 2.16. The van der Waals surface area contributed by atoms with Crippen LogP contribution in [-0.4, -0.2) is 14.5 Å². The molecule has 9 aromatic carbocycles. The molecule has 0 aliphatic carbocycles. The maximum atomic E-state index is 9.57. The van der Waals surface area contributed by atoms with Crippen molar-refractivity contribution in [2.75, 3.05) is 0 Å². The minimum absolute atomic E-state index is 0.0150. The SMILES string of the molecule is [2H]c1c(-c2ccc3cc(-n4c5ccccc5c5cc6ccccc6cc54)ccc3c2)c([2H])c2sc3c([2H])c(-c4cc(-c5ccccc5)nc(-c5ccccc5)n4)c([2H])c([2H])c3c2c1[2H]. The van der Waals surface area contributed by atoms with Crippen LogP contribution in [0.2, 0.25) is 0 Å². The van der Waals surface area contributed by atoms with Gasteiger partial charge in [-0.1, -0.05) is 145 Å². The molecule has 58 heavy (non-hydrogen) atoms. The zero-order valence-corrected chi connectivity index (χ0v) is 31.7. The number of hydrogen-bond acceptors (Lipinski definition) is 3. The van der Waals surface area contributed by atoms with Crippen LogP contribution in [0.5, 0.6) is 0 Å². The van der Waals surface area contributed by atoms with E-state index in [1.807, 2.05) is 78.9 Å². The average Bonchev–Trinajstić information content (AvgIpc) is 3.90. The Morgan fingerprint density at radius 2 is 1.00 bits per heavy atom. The molecule has 0 spiro atoms. The molecule has 270 valence electrons. The Hall–Kier alpha value is -7.40. The second-order valence-corrected chi connectivity index (χ2v) is 15.5. The molecule has 0 radical (unpaired) electrons. The van der Waals surface area contributed by atoms with Gasteiger partial charge in [-0.2, -0.15) is 0 Å². The first-order valence-electron chi connectivity index (χ1n) is 22.2. The van der Waals surface area contributed by atoms with Gasteiger partial charge in [-0.15, -0.1) is 11.3 Å². The van der Waals surface area contributed by atoms with E-state index in [0.717, 1.165) is 50.0 Å². The van der Waals surface area contributed by atoms with E-state index in [4.69, 9.17) is 9.97 Å². The number of benzene rings is 9. The van der Waals surface area contributed by atoms with Gasteiger partial charge in [-0.25, -0.2) is 9.97 Å². The molecule has 0 saturated heterocycles. The highest BCUT2D eigenvalue weighted by molar-refractivity contribution is 7.25. The molecule has 0 unspecified atom stereocenters. The molecule has 0 saturated carbocycles. The number of aromatic nitrogens is 3. The fourth-order valence-electron chi connectivity index (χ4n) is 8.17. The molecule has 3 aromatic heterocycles. The molecule has 3 heterocycles. The molecule has 12 aromatic rings. The van der Waals surface area contributed by atoms with Crippen molar-refractivity contribution in [2.45, 2.75) is 0 Å². The minimum atomic E-state index is -0.210. The van der Waals surface area contributed by atoms with E-state index in [2.05, 4.69) is 83.4 Å². The first-order chi connectivity index (χ1) is 31.2. The van der Waals surface area contributed by atoms with Crippen LogP contribution >= 0.6 is 11.3 Å². The summed E-state index contributed by atoms with van der Waals surface area (Å²) in [6.45, 7) is 0. The predicted octanol–water partition coefficient (Wildman–Crippen LogP) is 14.9. The molecule has 0 atom stereocenters. The lowest BCUT2D eigenvalue weighted by Gasteiger charge is -2.11. The van der Waals surface area contributed by atoms with E-state index >= 15 is 0 Å². The molecular formula is C54H33N3S. The van der Waals surface area contributed by atoms with E-state index in [9.17, 15) is 8.22 Å². The average molecular weight is 762 g/mol. The van der Waals surface area contributed by atoms with Gasteiger partial charge in [0.2, 0.25) is 0 Å². The Morgan fingerprint density at radius 1 is 0.397 bits per heavy atom. The smallest absolute Gasteiger partial charge is 0.160 e. The normalized spacial score (nSPS) is 13.2. The Bertz CT molecular complexity index is 3860. The van der Waals surface area contributed by atoms with Gasteiger partial charge < -0.3 is 4.57 Å². The summed E-state index contributed by atoms with van der Waals surface area (Å²) < 4.78 is 59.5. The Balaban J connectivity index is 0.998. The Morgan fingerprint density at radius 3 is 1.79 bits per heavy atom. The number of rotatable bonds is 5. The van der Waals surface area contributed by atoms with Crippen LogP contribution in [-0.2, 0) is 0 Å². The van der Waals surface area contributed by atoms with E-state index in [1.54, 1.807) is 6.07 Å². The third-order valence-corrected chi connectivity index (χ3v) is 12.0. The second-order valence-electron chi connectivity index (χ2n) is 14.5. The first kappa shape index (κ1) is 27.2. The Labute approximate surface area is 347 Å². The van der Waals surface area contributed by atoms with Gasteiger partial charge in [-0.3, -0.25) is 0 Å². The number of para-hydroxylation sites is 1. The van der Waals surface area contributed by atoms with Gasteiger partial charge in [0.1, 0.15) is 0 Å². The minimum Gasteiger partial charge on any atom is -0.309 e. The molecule has 4 heteroatoms. The summed E-state index contributed by atoms with van der Waals surface area (Å²) in [6, 6.07) is 54.0. The standard InChI is InChI=1S/C54H33N3S/c1-3-11-34(12-4-1)48-33-49(56-54(55-48)35-13-5-2-6-14-35)42-23-26-46-45-25-22-41(31-52(45)58-53(46)32-42)38-19-20-40-28-43(24-21-39(40)27-38)57-50-18-10-9-17-44(50)47-29-36-15-7-8-16-37(36)30-51(47)57/h1-33H/i22D,23D,25D,26D,31D,32D.